The monoisotopic (exact) mass is 281 g/mol. The largest absolute Gasteiger partial charge is 0.402 e. The Bertz CT molecular complexity index is 286. The van der Waals surface area contributed by atoms with Crippen molar-refractivity contribution < 1.29 is 13.2 Å². The molecule has 0 saturated carbocycles. The number of nitrogens with one attached hydrogen (secondary N) is 1. The van der Waals surface area contributed by atoms with Gasteiger partial charge in [0.1, 0.15) is 4.83 Å². The molecule has 0 bridgehead atoms. The zero-order valence-electron chi connectivity index (χ0n) is 7.89. The molecule has 0 aliphatic heterocycles. The first kappa shape index (κ1) is 12.5. The van der Waals surface area contributed by atoms with Gasteiger partial charge in [-0.3, -0.25) is 0 Å². The van der Waals surface area contributed by atoms with Crippen molar-refractivity contribution in [3.63, 3.8) is 0 Å². The van der Waals surface area contributed by atoms with Gasteiger partial charge in [0.25, 0.3) is 0 Å². The Hall–Kier alpha value is -0.550. The molecule has 84 valence electrons. The van der Waals surface area contributed by atoms with E-state index in [1.807, 2.05) is 30.3 Å². The normalized spacial score (nSPS) is 13.9. The molecule has 0 amide bonds. The molecule has 0 saturated heterocycles. The van der Waals surface area contributed by atoms with Gasteiger partial charge < -0.3 is 5.32 Å². The third kappa shape index (κ3) is 4.66. The quantitative estimate of drug-likeness (QED) is 0.837. The van der Waals surface area contributed by atoms with E-state index in [0.29, 0.717) is 6.54 Å². The molecule has 1 unspecified atom stereocenters. The summed E-state index contributed by atoms with van der Waals surface area (Å²) in [5.41, 5.74) is 0.972. The van der Waals surface area contributed by atoms with E-state index in [1.165, 1.54) is 0 Å². The molecule has 0 heterocycles. The molecule has 0 aliphatic carbocycles. The Balaban J connectivity index is 2.28. The summed E-state index contributed by atoms with van der Waals surface area (Å²) in [4.78, 5) is -1.49. The second-order valence-electron chi connectivity index (χ2n) is 3.13. The lowest BCUT2D eigenvalue weighted by molar-refractivity contribution is -0.126. The molecule has 0 aromatic heterocycles. The van der Waals surface area contributed by atoms with Gasteiger partial charge in [0.15, 0.2) is 0 Å². The van der Waals surface area contributed by atoms with Crippen LogP contribution in [0.4, 0.5) is 13.2 Å². The first-order valence-corrected chi connectivity index (χ1v) is 5.37. The summed E-state index contributed by atoms with van der Waals surface area (Å²) in [5.74, 6) is 0. The van der Waals surface area contributed by atoms with Crippen LogP contribution in [0.5, 0.6) is 0 Å². The first-order chi connectivity index (χ1) is 7.00. The standard InChI is InChI=1S/C10H11BrF3N/c11-9(10(12,13)14)7-15-6-8-4-2-1-3-5-8/h1-5,9,15H,6-7H2. The van der Waals surface area contributed by atoms with Crippen LogP contribution in [0.2, 0.25) is 0 Å². The highest BCUT2D eigenvalue weighted by molar-refractivity contribution is 9.09. The number of hydrogen-bond donors (Lipinski definition) is 1. The van der Waals surface area contributed by atoms with Crippen molar-refractivity contribution in [2.75, 3.05) is 6.54 Å². The predicted molar refractivity (Wildman–Crippen MR) is 56.9 cm³/mol. The van der Waals surface area contributed by atoms with Crippen molar-refractivity contribution in [2.24, 2.45) is 0 Å². The Morgan fingerprint density at radius 2 is 1.80 bits per heavy atom. The minimum absolute atomic E-state index is 0.127. The Morgan fingerprint density at radius 1 is 1.20 bits per heavy atom. The molecule has 0 spiro atoms. The summed E-state index contributed by atoms with van der Waals surface area (Å²) in [5, 5.41) is 2.74. The lowest BCUT2D eigenvalue weighted by Gasteiger charge is -2.14. The molecular formula is C10H11BrF3N. The smallest absolute Gasteiger partial charge is 0.311 e. The Labute approximate surface area is 94.8 Å². The number of halogens is 4. The summed E-state index contributed by atoms with van der Waals surface area (Å²) in [6.45, 7) is 0.317. The molecular weight excluding hydrogens is 271 g/mol. The second kappa shape index (κ2) is 5.51. The third-order valence-corrected chi connectivity index (χ3v) is 2.69. The average molecular weight is 282 g/mol. The fourth-order valence-corrected chi connectivity index (χ4v) is 1.28. The molecule has 1 nitrogen and oxygen atoms in total. The summed E-state index contributed by atoms with van der Waals surface area (Å²) < 4.78 is 36.3. The maximum absolute atomic E-state index is 12.1. The minimum atomic E-state index is -4.19. The van der Waals surface area contributed by atoms with Crippen LogP contribution in [0.1, 0.15) is 5.56 Å². The average Bonchev–Trinajstić information content (AvgIpc) is 2.18. The highest BCUT2D eigenvalue weighted by Crippen LogP contribution is 2.25. The maximum atomic E-state index is 12.1. The van der Waals surface area contributed by atoms with Crippen LogP contribution < -0.4 is 5.32 Å². The number of alkyl halides is 4. The highest BCUT2D eigenvalue weighted by Gasteiger charge is 2.36. The van der Waals surface area contributed by atoms with Gasteiger partial charge in [-0.2, -0.15) is 13.2 Å². The first-order valence-electron chi connectivity index (χ1n) is 4.45. The summed E-state index contributed by atoms with van der Waals surface area (Å²) >= 11 is 2.58. The van der Waals surface area contributed by atoms with Crippen molar-refractivity contribution in [1.29, 1.82) is 0 Å². The van der Waals surface area contributed by atoms with Crippen molar-refractivity contribution in [2.45, 2.75) is 17.5 Å². The van der Waals surface area contributed by atoms with Gasteiger partial charge in [-0.1, -0.05) is 46.3 Å². The molecule has 0 aliphatic rings. The second-order valence-corrected chi connectivity index (χ2v) is 4.23. The van der Waals surface area contributed by atoms with E-state index in [4.69, 9.17) is 0 Å². The lowest BCUT2D eigenvalue weighted by Crippen LogP contribution is -2.33. The van der Waals surface area contributed by atoms with Gasteiger partial charge in [-0.15, -0.1) is 0 Å². The molecule has 0 radical (unpaired) electrons. The number of rotatable bonds is 4. The van der Waals surface area contributed by atoms with Crippen molar-refractivity contribution >= 4 is 15.9 Å². The van der Waals surface area contributed by atoms with E-state index in [0.717, 1.165) is 5.56 Å². The highest BCUT2D eigenvalue weighted by atomic mass is 79.9. The summed E-state index contributed by atoms with van der Waals surface area (Å²) in [7, 11) is 0. The maximum Gasteiger partial charge on any atom is 0.402 e. The Kier molecular flexibility index (Phi) is 4.60. The van der Waals surface area contributed by atoms with E-state index in [1.54, 1.807) is 0 Å². The summed E-state index contributed by atoms with van der Waals surface area (Å²) in [6, 6.07) is 9.30. The zero-order chi connectivity index (χ0) is 11.3. The Morgan fingerprint density at radius 3 is 2.33 bits per heavy atom. The number of benzene rings is 1. The molecule has 1 rings (SSSR count). The molecule has 1 aromatic carbocycles. The van der Waals surface area contributed by atoms with Crippen molar-refractivity contribution in [1.82, 2.24) is 5.32 Å². The third-order valence-electron chi connectivity index (χ3n) is 1.85. The molecule has 0 fully saturated rings. The van der Waals surface area contributed by atoms with Gasteiger partial charge in [-0.25, -0.2) is 0 Å². The van der Waals surface area contributed by atoms with Crippen molar-refractivity contribution in [3.8, 4) is 0 Å². The minimum Gasteiger partial charge on any atom is -0.311 e. The van der Waals surface area contributed by atoms with Crippen LogP contribution in [-0.2, 0) is 6.54 Å². The van der Waals surface area contributed by atoms with Gasteiger partial charge in [0.2, 0.25) is 0 Å². The van der Waals surface area contributed by atoms with Gasteiger partial charge in [0.05, 0.1) is 0 Å². The lowest BCUT2D eigenvalue weighted by atomic mass is 10.2. The fourth-order valence-electron chi connectivity index (χ4n) is 1.05. The molecule has 1 N–H and O–H groups in total. The van der Waals surface area contributed by atoms with E-state index in [-0.39, 0.29) is 6.54 Å². The topological polar surface area (TPSA) is 12.0 Å². The SMILES string of the molecule is FC(F)(F)C(Br)CNCc1ccccc1. The fraction of sp³-hybridized carbons (Fsp3) is 0.400. The van der Waals surface area contributed by atoms with Crippen LogP contribution in [0.25, 0.3) is 0 Å². The van der Waals surface area contributed by atoms with E-state index in [2.05, 4.69) is 21.2 Å². The van der Waals surface area contributed by atoms with Crippen LogP contribution in [-0.4, -0.2) is 17.5 Å². The van der Waals surface area contributed by atoms with E-state index in [9.17, 15) is 13.2 Å². The molecule has 1 atom stereocenters. The van der Waals surface area contributed by atoms with Crippen LogP contribution in [0, 0.1) is 0 Å². The van der Waals surface area contributed by atoms with Gasteiger partial charge in [0, 0.05) is 13.1 Å². The predicted octanol–water partition coefficient (Wildman–Crippen LogP) is 3.10. The van der Waals surface area contributed by atoms with Crippen LogP contribution in [0.3, 0.4) is 0 Å². The molecule has 5 heteroatoms. The van der Waals surface area contributed by atoms with Gasteiger partial charge in [-0.05, 0) is 5.56 Å². The molecule has 1 aromatic rings. The number of hydrogen-bond acceptors (Lipinski definition) is 1. The van der Waals surface area contributed by atoms with E-state index >= 15 is 0 Å². The van der Waals surface area contributed by atoms with Crippen molar-refractivity contribution in [3.05, 3.63) is 35.9 Å². The van der Waals surface area contributed by atoms with Crippen LogP contribution in [0.15, 0.2) is 30.3 Å². The summed E-state index contributed by atoms with van der Waals surface area (Å²) in [6.07, 6.45) is -4.19. The van der Waals surface area contributed by atoms with Crippen LogP contribution >= 0.6 is 15.9 Å². The van der Waals surface area contributed by atoms with E-state index < -0.39 is 11.0 Å². The van der Waals surface area contributed by atoms with Gasteiger partial charge >= 0.3 is 6.18 Å². The zero-order valence-corrected chi connectivity index (χ0v) is 9.48. The molecule has 15 heavy (non-hydrogen) atoms.